The Morgan fingerprint density at radius 2 is 1.04 bits per heavy atom. The number of fused-ring (bicyclic) bond motifs is 6. The van der Waals surface area contributed by atoms with Crippen molar-refractivity contribution in [2.24, 2.45) is 0 Å². The van der Waals surface area contributed by atoms with Crippen molar-refractivity contribution in [3.63, 3.8) is 0 Å². The minimum Gasteiger partial charge on any atom is -0.382 e. The molecule has 1 atom stereocenters. The van der Waals surface area contributed by atoms with Crippen molar-refractivity contribution in [2.45, 2.75) is 230 Å². The van der Waals surface area contributed by atoms with Gasteiger partial charge >= 0.3 is 6.03 Å². The molecule has 114 heavy (non-hydrogen) atoms. The molecule has 5 aliphatic rings. The highest BCUT2D eigenvalue weighted by molar-refractivity contribution is 7.90. The molecule has 2 N–H and O–H groups in total. The number of aryl methyl sites for hydroxylation is 1. The van der Waals surface area contributed by atoms with Gasteiger partial charge in [0.1, 0.15) is 46.8 Å². The van der Waals surface area contributed by atoms with E-state index in [-0.39, 0.29) is 76.2 Å². The van der Waals surface area contributed by atoms with Gasteiger partial charge in [0.05, 0.1) is 41.9 Å². The van der Waals surface area contributed by atoms with E-state index < -0.39 is 15.9 Å². The molecule has 16 rings (SSSR count). The minimum atomic E-state index is -3.61. The molecular formula is C81H109N23O9S. The molecule has 0 aliphatic carbocycles. The number of anilines is 1. The van der Waals surface area contributed by atoms with E-state index in [1.54, 1.807) is 97.5 Å². The number of rotatable bonds is 10. The maximum atomic E-state index is 11.9. The van der Waals surface area contributed by atoms with Gasteiger partial charge in [0.2, 0.25) is 0 Å². The van der Waals surface area contributed by atoms with Gasteiger partial charge in [-0.2, -0.15) is 0 Å². The molecule has 2 fully saturated rings. The molecule has 0 saturated carbocycles. The Hall–Kier alpha value is -12.0. The van der Waals surface area contributed by atoms with Crippen LogP contribution < -0.4 is 5.73 Å². The Labute approximate surface area is 666 Å². The van der Waals surface area contributed by atoms with Gasteiger partial charge in [-0.1, -0.05) is 42.5 Å². The van der Waals surface area contributed by atoms with Gasteiger partial charge in [-0.05, 0) is 210 Å². The summed E-state index contributed by atoms with van der Waals surface area (Å²) in [5.74, 6) is 0.314. The summed E-state index contributed by atoms with van der Waals surface area (Å²) < 4.78 is 37.0. The van der Waals surface area contributed by atoms with E-state index in [4.69, 9.17) is 5.73 Å². The highest BCUT2D eigenvalue weighted by Crippen LogP contribution is 2.32. The maximum absolute atomic E-state index is 11.9. The number of imide groups is 3. The zero-order chi connectivity index (χ0) is 84.2. The number of tetrazole rings is 1. The molecular weight excluding hydrogens is 1470 g/mol. The van der Waals surface area contributed by atoms with Gasteiger partial charge < -0.3 is 33.5 Å². The average Bonchev–Trinajstić information content (AvgIpc) is 1.59. The SMILES string of the molecule is CC(C)N1C(=O)C2CCCN2C1=O.CC(C)N1C(=O)C=CC1=O.CC(C)N1C(=O)c2ccccc2C1=O.CC(C)N1C(=O)c2ccccc2S1(=O)=O.CC(C)n1ccc2ccccc21.CC(C)n1ccnc1.CC(C)n1cnc2c(N)ncnc21.CC(C)n1cnc2cncnc21.CC(C)n1cnnn1.Cc1nccn1C(C)C. The van der Waals surface area contributed by atoms with Crippen molar-refractivity contribution in [1.82, 2.24) is 107 Å². The zero-order valence-electron chi connectivity index (χ0n) is 69.1. The highest BCUT2D eigenvalue weighted by Gasteiger charge is 2.48. The summed E-state index contributed by atoms with van der Waals surface area (Å²) >= 11 is 0. The molecule has 11 aromatic rings. The second kappa shape index (κ2) is 40.4. The summed E-state index contributed by atoms with van der Waals surface area (Å²) in [6.07, 6.45) is 25.8. The highest BCUT2D eigenvalue weighted by atomic mass is 32.2. The molecule has 13 heterocycles. The van der Waals surface area contributed by atoms with E-state index in [9.17, 15) is 42.0 Å². The normalized spacial score (nSPS) is 15.0. The third-order valence-corrected chi connectivity index (χ3v) is 20.1. The maximum Gasteiger partial charge on any atom is 0.327 e. The summed E-state index contributed by atoms with van der Waals surface area (Å²) in [5.41, 5.74) is 11.5. The van der Waals surface area contributed by atoms with Crippen molar-refractivity contribution in [1.29, 1.82) is 0 Å². The number of aromatic nitrogens is 17. The fourth-order valence-corrected chi connectivity index (χ4v) is 14.1. The topological polar surface area (TPSA) is 367 Å². The van der Waals surface area contributed by atoms with E-state index in [1.165, 1.54) is 56.2 Å². The van der Waals surface area contributed by atoms with Gasteiger partial charge in [-0.15, -0.1) is 5.10 Å². The number of benzene rings is 3. The largest absolute Gasteiger partial charge is 0.382 e. The smallest absolute Gasteiger partial charge is 0.327 e. The zero-order valence-corrected chi connectivity index (χ0v) is 69.9. The third kappa shape index (κ3) is 21.8. The van der Waals surface area contributed by atoms with Gasteiger partial charge in [-0.25, -0.2) is 62.1 Å². The summed E-state index contributed by atoms with van der Waals surface area (Å²) in [4.78, 5) is 118. The van der Waals surface area contributed by atoms with Crippen LogP contribution in [0.25, 0.3) is 33.2 Å². The Kier molecular flexibility index (Phi) is 31.6. The molecule has 2 saturated heterocycles. The first-order valence-corrected chi connectivity index (χ1v) is 39.5. The van der Waals surface area contributed by atoms with Crippen molar-refractivity contribution < 1.29 is 42.0 Å². The van der Waals surface area contributed by atoms with Crippen LogP contribution in [0.5, 0.6) is 0 Å². The number of hydrogen-bond acceptors (Lipinski definition) is 21. The van der Waals surface area contributed by atoms with E-state index in [0.717, 1.165) is 46.3 Å². The lowest BCUT2D eigenvalue weighted by molar-refractivity contribution is -0.138. The first-order valence-electron chi connectivity index (χ1n) is 38.1. The van der Waals surface area contributed by atoms with Gasteiger partial charge in [0.25, 0.3) is 45.5 Å². The number of carbonyl (C=O) groups is 7. The summed E-state index contributed by atoms with van der Waals surface area (Å²) in [7, 11) is -3.61. The number of imidazole rings is 4. The Morgan fingerprint density at radius 3 is 1.51 bits per heavy atom. The van der Waals surface area contributed by atoms with E-state index in [0.29, 0.717) is 58.7 Å². The summed E-state index contributed by atoms with van der Waals surface area (Å²) in [6.45, 7) is 42.5. The van der Waals surface area contributed by atoms with E-state index >= 15 is 0 Å². The lowest BCUT2D eigenvalue weighted by Crippen LogP contribution is -2.38. The number of nitrogen functional groups attached to an aromatic ring is 1. The molecule has 608 valence electrons. The van der Waals surface area contributed by atoms with E-state index in [2.05, 4.69) is 175 Å². The van der Waals surface area contributed by atoms with Crippen LogP contribution in [0.15, 0.2) is 171 Å². The standard InChI is InChI=1S/C11H11NO2.C11H13N.C10H11NO3S.C9H14N2O2.C8H11N5.C8H10N4.C7H12N2.C7H9NO2.C6H10N2.C4H8N4/c1-7(2)12-10(13)8-5-3-4-6-9(8)11(12)14;1-9(2)12-8-7-10-5-3-4-6-11(10)12;1-7(2)11-10(12)8-5-3-4-6-9(8)15(11,13)14;1-6(2)11-8(12)7-4-3-5-10(7)9(11)13;1-5(2)13-4-12-6-7(9)10-3-11-8(6)13;1-6(2)12-5-11-7-3-9-4-10-8(7)12;1-6(2)9-5-4-8-7(9)3;1-5(2)8-6(9)3-4-7(8)10;1-6(2)8-4-3-7-5-8;1-4(2)8-3-5-6-7-8/h3-7H,1-2H3;3-9H,1-2H3;3-7H,1-2H3;6-7H,3-5H2,1-2H3;3-5H,1-2H3,(H2,9,10,11);3-6H,1-2H3;4-6H,1-3H3;3-5H,1-2H3;3-6H,1-2H3;3-4H,1-2H3. The lowest BCUT2D eigenvalue weighted by atomic mass is 10.1. The number of sulfonamides is 1. The van der Waals surface area contributed by atoms with Gasteiger partial charge in [-0.3, -0.25) is 43.5 Å². The van der Waals surface area contributed by atoms with Gasteiger partial charge in [0, 0.05) is 116 Å². The van der Waals surface area contributed by atoms with Crippen LogP contribution in [0, 0.1) is 6.92 Å². The number of carbonyl (C=O) groups excluding carboxylic acids is 7. The minimum absolute atomic E-state index is 0.00231. The first-order chi connectivity index (χ1) is 53.9. The molecule has 0 bridgehead atoms. The van der Waals surface area contributed by atoms with Crippen molar-refractivity contribution in [3.05, 3.63) is 189 Å². The van der Waals surface area contributed by atoms with Crippen molar-refractivity contribution in [3.8, 4) is 0 Å². The second-order valence-corrected chi connectivity index (χ2v) is 31.5. The molecule has 0 spiro atoms. The Bertz CT molecular complexity index is 4980. The quantitative estimate of drug-likeness (QED) is 0.0981. The number of urea groups is 1. The first kappa shape index (κ1) is 89.2. The number of nitrogens with two attached hydrogens (primary N) is 1. The number of hydrogen-bond donors (Lipinski definition) is 1. The molecule has 3 aromatic carbocycles. The molecule has 0 radical (unpaired) electrons. The van der Waals surface area contributed by atoms with Crippen LogP contribution in [-0.2, 0) is 24.4 Å². The fourth-order valence-electron chi connectivity index (χ4n) is 12.3. The van der Waals surface area contributed by atoms with Crippen LogP contribution in [0.1, 0.15) is 224 Å². The second-order valence-electron chi connectivity index (χ2n) is 29.7. The molecule has 33 heteroatoms. The van der Waals surface area contributed by atoms with Crippen LogP contribution in [-0.4, -0.2) is 193 Å². The molecule has 5 aliphatic heterocycles. The number of nitrogens with zero attached hydrogens (tertiary/aromatic N) is 22. The molecule has 8 amide bonds. The molecule has 1 unspecified atom stereocenters. The van der Waals surface area contributed by atoms with Crippen molar-refractivity contribution >= 4 is 90.5 Å². The van der Waals surface area contributed by atoms with Crippen LogP contribution in [0.4, 0.5) is 10.6 Å². The summed E-state index contributed by atoms with van der Waals surface area (Å²) in [5, 5.41) is 11.9. The molecule has 32 nitrogen and oxygen atoms in total. The molecule has 8 aromatic heterocycles. The van der Waals surface area contributed by atoms with E-state index in [1.807, 2.05) is 96.4 Å². The lowest BCUT2D eigenvalue weighted by Gasteiger charge is -2.18. The fraction of sp³-hybridized carbons (Fsp3) is 0.432. The predicted octanol–water partition coefficient (Wildman–Crippen LogP) is 13.2. The third-order valence-electron chi connectivity index (χ3n) is 18.1. The Balaban J connectivity index is 0.000000176. The Morgan fingerprint density at radius 1 is 0.474 bits per heavy atom. The number of amides is 8. The summed E-state index contributed by atoms with van der Waals surface area (Å²) in [6, 6.07) is 25.8. The predicted molar refractivity (Wildman–Crippen MR) is 437 cm³/mol. The van der Waals surface area contributed by atoms with Crippen molar-refractivity contribution in [2.75, 3.05) is 12.3 Å². The van der Waals surface area contributed by atoms with Crippen LogP contribution in [0.2, 0.25) is 0 Å². The number of para-hydroxylation sites is 1. The van der Waals surface area contributed by atoms with Gasteiger partial charge in [0.15, 0.2) is 17.1 Å². The average molecular weight is 1580 g/mol. The van der Waals surface area contributed by atoms with Crippen LogP contribution in [0.3, 0.4) is 0 Å². The van der Waals surface area contributed by atoms with Crippen LogP contribution >= 0.6 is 0 Å². The monoisotopic (exact) mass is 1580 g/mol.